The summed E-state index contributed by atoms with van der Waals surface area (Å²) < 4.78 is 7.30. The van der Waals surface area contributed by atoms with Gasteiger partial charge in [-0.1, -0.05) is 11.6 Å². The zero-order valence-electron chi connectivity index (χ0n) is 7.54. The van der Waals surface area contributed by atoms with Gasteiger partial charge in [0.25, 0.3) is 0 Å². The van der Waals surface area contributed by atoms with Crippen molar-refractivity contribution in [2.45, 2.75) is 6.92 Å². The number of hydrogen-bond acceptors (Lipinski definition) is 1. The van der Waals surface area contributed by atoms with Gasteiger partial charge in [-0.25, -0.2) is 0 Å². The number of furan rings is 1. The molecule has 0 aliphatic rings. The quantitative estimate of drug-likeness (QED) is 0.683. The molecule has 0 aliphatic carbocycles. The minimum atomic E-state index is 0.731. The Morgan fingerprint density at radius 2 is 2.23 bits per heavy atom. The molecule has 0 N–H and O–H groups in total. The summed E-state index contributed by atoms with van der Waals surface area (Å²) >= 11 is 6.06. The van der Waals surface area contributed by atoms with Crippen LogP contribution in [0.3, 0.4) is 0 Å². The molecule has 68 valence electrons. The van der Waals surface area contributed by atoms with Gasteiger partial charge in [0.1, 0.15) is 5.69 Å². The highest BCUT2D eigenvalue weighted by atomic mass is 35.5. The maximum absolute atomic E-state index is 6.06. The van der Waals surface area contributed by atoms with Crippen molar-refractivity contribution in [3.05, 3.63) is 35.2 Å². The van der Waals surface area contributed by atoms with Crippen LogP contribution in [-0.2, 0) is 7.05 Å². The topological polar surface area (TPSA) is 18.1 Å². The van der Waals surface area contributed by atoms with E-state index >= 15 is 0 Å². The third kappa shape index (κ3) is 1.27. The first kappa shape index (κ1) is 8.45. The van der Waals surface area contributed by atoms with Crippen molar-refractivity contribution in [3.8, 4) is 11.5 Å². The zero-order valence-corrected chi connectivity index (χ0v) is 8.30. The van der Waals surface area contributed by atoms with E-state index in [1.807, 2.05) is 36.7 Å². The molecule has 0 aromatic carbocycles. The Labute approximate surface area is 81.7 Å². The van der Waals surface area contributed by atoms with Crippen molar-refractivity contribution in [1.29, 1.82) is 0 Å². The molecule has 0 spiro atoms. The Morgan fingerprint density at radius 3 is 2.69 bits per heavy atom. The van der Waals surface area contributed by atoms with E-state index in [0.29, 0.717) is 0 Å². The Hall–Kier alpha value is -1.15. The van der Waals surface area contributed by atoms with Gasteiger partial charge in [0.15, 0.2) is 5.76 Å². The number of rotatable bonds is 1. The van der Waals surface area contributed by atoms with Gasteiger partial charge in [0.05, 0.1) is 11.3 Å². The molecule has 2 rings (SSSR count). The standard InChI is InChI=1S/C10H10ClNO/c1-7-6-8(11)10(12(7)2)9-4-3-5-13-9/h3-6H,1-2H3. The van der Waals surface area contributed by atoms with Crippen LogP contribution < -0.4 is 0 Å². The van der Waals surface area contributed by atoms with Gasteiger partial charge >= 0.3 is 0 Å². The van der Waals surface area contributed by atoms with Crippen molar-refractivity contribution in [1.82, 2.24) is 4.57 Å². The summed E-state index contributed by atoms with van der Waals surface area (Å²) in [6.07, 6.45) is 1.65. The predicted molar refractivity (Wildman–Crippen MR) is 52.9 cm³/mol. The lowest BCUT2D eigenvalue weighted by molar-refractivity contribution is 0.576. The molecule has 2 heterocycles. The van der Waals surface area contributed by atoms with E-state index in [1.54, 1.807) is 6.26 Å². The van der Waals surface area contributed by atoms with Crippen molar-refractivity contribution in [2.24, 2.45) is 7.05 Å². The molecular weight excluding hydrogens is 186 g/mol. The molecule has 0 radical (unpaired) electrons. The smallest absolute Gasteiger partial charge is 0.151 e. The Kier molecular flexibility index (Phi) is 1.93. The average Bonchev–Trinajstić information content (AvgIpc) is 2.63. The molecular formula is C10H10ClNO. The van der Waals surface area contributed by atoms with E-state index < -0.39 is 0 Å². The van der Waals surface area contributed by atoms with Crippen molar-refractivity contribution < 1.29 is 4.42 Å². The van der Waals surface area contributed by atoms with Gasteiger partial charge in [-0.3, -0.25) is 0 Å². The van der Waals surface area contributed by atoms with E-state index in [0.717, 1.165) is 22.2 Å². The van der Waals surface area contributed by atoms with Gasteiger partial charge in [0.2, 0.25) is 0 Å². The monoisotopic (exact) mass is 195 g/mol. The lowest BCUT2D eigenvalue weighted by Crippen LogP contribution is -1.92. The normalized spacial score (nSPS) is 10.7. The molecule has 0 aliphatic heterocycles. The van der Waals surface area contributed by atoms with Gasteiger partial charge < -0.3 is 8.98 Å². The number of nitrogens with zero attached hydrogens (tertiary/aromatic N) is 1. The van der Waals surface area contributed by atoms with Crippen LogP contribution in [0.5, 0.6) is 0 Å². The fourth-order valence-corrected chi connectivity index (χ4v) is 1.76. The van der Waals surface area contributed by atoms with Crippen LogP contribution in [0.15, 0.2) is 28.9 Å². The lowest BCUT2D eigenvalue weighted by Gasteiger charge is -2.01. The first-order valence-electron chi connectivity index (χ1n) is 4.06. The molecule has 0 bridgehead atoms. The van der Waals surface area contributed by atoms with Crippen LogP contribution in [0.2, 0.25) is 5.02 Å². The van der Waals surface area contributed by atoms with Gasteiger partial charge in [0, 0.05) is 12.7 Å². The van der Waals surface area contributed by atoms with Gasteiger partial charge in [-0.15, -0.1) is 0 Å². The molecule has 2 aromatic heterocycles. The van der Waals surface area contributed by atoms with Crippen LogP contribution in [0.25, 0.3) is 11.5 Å². The lowest BCUT2D eigenvalue weighted by atomic mass is 10.3. The molecule has 0 unspecified atom stereocenters. The first-order valence-corrected chi connectivity index (χ1v) is 4.43. The third-order valence-corrected chi connectivity index (χ3v) is 2.47. The summed E-state index contributed by atoms with van der Waals surface area (Å²) in [6, 6.07) is 5.69. The second-order valence-electron chi connectivity index (χ2n) is 3.02. The average molecular weight is 196 g/mol. The second-order valence-corrected chi connectivity index (χ2v) is 3.43. The molecule has 0 saturated carbocycles. The third-order valence-electron chi connectivity index (χ3n) is 2.18. The van der Waals surface area contributed by atoms with Crippen LogP contribution >= 0.6 is 11.6 Å². The van der Waals surface area contributed by atoms with Crippen LogP contribution in [0, 0.1) is 6.92 Å². The molecule has 0 amide bonds. The summed E-state index contributed by atoms with van der Waals surface area (Å²) in [6.45, 7) is 2.01. The summed E-state index contributed by atoms with van der Waals surface area (Å²) in [4.78, 5) is 0. The summed E-state index contributed by atoms with van der Waals surface area (Å²) in [5.74, 6) is 0.806. The van der Waals surface area contributed by atoms with Crippen molar-refractivity contribution >= 4 is 11.6 Å². The number of aryl methyl sites for hydroxylation is 1. The predicted octanol–water partition coefficient (Wildman–Crippen LogP) is 3.25. The van der Waals surface area contributed by atoms with Crippen LogP contribution in [0.4, 0.5) is 0 Å². The Balaban J connectivity index is 2.64. The highest BCUT2D eigenvalue weighted by Crippen LogP contribution is 2.30. The molecule has 0 atom stereocenters. The van der Waals surface area contributed by atoms with Gasteiger partial charge in [-0.05, 0) is 25.1 Å². The maximum atomic E-state index is 6.06. The molecule has 3 heteroatoms. The fraction of sp³-hybridized carbons (Fsp3) is 0.200. The van der Waals surface area contributed by atoms with Crippen molar-refractivity contribution in [3.63, 3.8) is 0 Å². The van der Waals surface area contributed by atoms with E-state index in [2.05, 4.69) is 0 Å². The molecule has 2 aromatic rings. The highest BCUT2D eigenvalue weighted by molar-refractivity contribution is 6.33. The fourth-order valence-electron chi connectivity index (χ4n) is 1.38. The van der Waals surface area contributed by atoms with E-state index in [-0.39, 0.29) is 0 Å². The largest absolute Gasteiger partial charge is 0.463 e. The Bertz CT molecular complexity index is 414. The highest BCUT2D eigenvalue weighted by Gasteiger charge is 2.12. The summed E-state index contributed by atoms with van der Waals surface area (Å²) in [5, 5.41) is 0.731. The SMILES string of the molecule is Cc1cc(Cl)c(-c2ccco2)n1C. The number of hydrogen-bond donors (Lipinski definition) is 0. The van der Waals surface area contributed by atoms with Crippen LogP contribution in [0.1, 0.15) is 5.69 Å². The van der Waals surface area contributed by atoms with E-state index in [4.69, 9.17) is 16.0 Å². The first-order chi connectivity index (χ1) is 6.20. The number of halogens is 1. The summed E-state index contributed by atoms with van der Waals surface area (Å²) in [5.41, 5.74) is 2.06. The molecule has 13 heavy (non-hydrogen) atoms. The Morgan fingerprint density at radius 1 is 1.46 bits per heavy atom. The van der Waals surface area contributed by atoms with E-state index in [9.17, 15) is 0 Å². The molecule has 0 fully saturated rings. The maximum Gasteiger partial charge on any atom is 0.151 e. The zero-order chi connectivity index (χ0) is 9.42. The second kappa shape index (κ2) is 2.96. The van der Waals surface area contributed by atoms with E-state index in [1.165, 1.54) is 0 Å². The van der Waals surface area contributed by atoms with Crippen LogP contribution in [-0.4, -0.2) is 4.57 Å². The minimum absolute atomic E-state index is 0.731. The van der Waals surface area contributed by atoms with Crippen molar-refractivity contribution in [2.75, 3.05) is 0 Å². The van der Waals surface area contributed by atoms with Gasteiger partial charge in [-0.2, -0.15) is 0 Å². The molecule has 0 saturated heterocycles. The summed E-state index contributed by atoms with van der Waals surface area (Å²) in [7, 11) is 1.97. The number of aromatic nitrogens is 1. The molecule has 2 nitrogen and oxygen atoms in total. The minimum Gasteiger partial charge on any atom is -0.463 e.